The van der Waals surface area contributed by atoms with Crippen LogP contribution in [-0.2, 0) is 11.2 Å². The highest BCUT2D eigenvalue weighted by molar-refractivity contribution is 6.63. The molecule has 0 atom stereocenters. The van der Waals surface area contributed by atoms with Gasteiger partial charge in [-0.15, -0.1) is 0 Å². The topological polar surface area (TPSA) is 53.2 Å². The Labute approximate surface area is 149 Å². The molecule has 0 aliphatic heterocycles. The maximum absolute atomic E-state index is 13.1. The van der Waals surface area contributed by atoms with Crippen LogP contribution in [-0.4, -0.2) is 35.1 Å². The predicted octanol–water partition coefficient (Wildman–Crippen LogP) is 3.98. The highest BCUT2D eigenvalue weighted by Crippen LogP contribution is 2.29. The van der Waals surface area contributed by atoms with Crippen LogP contribution >= 0.6 is 11.6 Å². The quantitative estimate of drug-likeness (QED) is 0.717. The molecule has 6 heteroatoms. The van der Waals surface area contributed by atoms with Crippen molar-refractivity contribution in [2.45, 2.75) is 6.42 Å². The van der Waals surface area contributed by atoms with Crippen molar-refractivity contribution in [2.75, 3.05) is 14.1 Å². The number of fused-ring (bicyclic) bond motifs is 1. The smallest absolute Gasteiger partial charge is 0.270 e. The second-order valence-electron chi connectivity index (χ2n) is 5.98. The van der Waals surface area contributed by atoms with E-state index in [1.165, 1.54) is 17.0 Å². The van der Waals surface area contributed by atoms with Gasteiger partial charge in [0.15, 0.2) is 0 Å². The maximum atomic E-state index is 13.1. The number of nitrogens with zero attached hydrogens (tertiary/aromatic N) is 1. The molecule has 0 bridgehead atoms. The van der Waals surface area contributed by atoms with E-state index in [0.29, 0.717) is 11.3 Å². The summed E-state index contributed by atoms with van der Waals surface area (Å²) >= 11 is 5.55. The number of H-pyrrole nitrogens is 1. The van der Waals surface area contributed by atoms with Crippen LogP contribution < -0.4 is 0 Å². The lowest BCUT2D eigenvalue weighted by atomic mass is 10.0. The van der Waals surface area contributed by atoms with Gasteiger partial charge in [-0.3, -0.25) is 9.59 Å². The molecule has 0 fully saturated rings. The number of benzene rings is 2. The number of nitrogens with one attached hydrogen (secondary N) is 1. The third-order valence-corrected chi connectivity index (χ3v) is 4.15. The van der Waals surface area contributed by atoms with Crippen LogP contribution in [0.4, 0.5) is 4.39 Å². The molecule has 0 aliphatic carbocycles. The second kappa shape index (κ2) is 6.69. The largest absolute Gasteiger partial charge is 0.350 e. The van der Waals surface area contributed by atoms with Crippen LogP contribution in [0.2, 0.25) is 0 Å². The van der Waals surface area contributed by atoms with Crippen molar-refractivity contribution < 1.29 is 14.0 Å². The number of carbonyl (C=O) groups is 2. The average Bonchev–Trinajstić information content (AvgIpc) is 2.91. The molecule has 0 spiro atoms. The molecule has 128 valence electrons. The van der Waals surface area contributed by atoms with E-state index in [1.807, 2.05) is 18.2 Å². The summed E-state index contributed by atoms with van der Waals surface area (Å²) in [5, 5.41) is 0.237. The number of amides is 1. The number of hydrogen-bond donors (Lipinski definition) is 1. The fraction of sp³-hybridized carbons (Fsp3) is 0.158. The van der Waals surface area contributed by atoms with Gasteiger partial charge in [0.25, 0.3) is 5.91 Å². The van der Waals surface area contributed by atoms with Crippen molar-refractivity contribution in [1.29, 1.82) is 0 Å². The van der Waals surface area contributed by atoms with Crippen molar-refractivity contribution in [3.05, 3.63) is 59.5 Å². The Morgan fingerprint density at radius 2 is 1.72 bits per heavy atom. The molecule has 3 aromatic rings. The summed E-state index contributed by atoms with van der Waals surface area (Å²) in [7, 11) is 3.29. The van der Waals surface area contributed by atoms with Crippen LogP contribution in [0.3, 0.4) is 0 Å². The number of rotatable bonds is 4. The van der Waals surface area contributed by atoms with Crippen LogP contribution in [0.15, 0.2) is 42.5 Å². The molecule has 0 saturated heterocycles. The average molecular weight is 359 g/mol. The van der Waals surface area contributed by atoms with E-state index in [-0.39, 0.29) is 18.1 Å². The lowest BCUT2D eigenvalue weighted by Crippen LogP contribution is -2.23. The first-order valence-electron chi connectivity index (χ1n) is 7.67. The fourth-order valence-corrected chi connectivity index (χ4v) is 2.94. The molecule has 1 heterocycles. The Morgan fingerprint density at radius 1 is 1.08 bits per heavy atom. The molecular weight excluding hydrogens is 343 g/mol. The SMILES string of the molecule is CN(C)C(=O)c1[nH]c2cc(-c3ccc(F)cc3)ccc2c1CC(=O)Cl. The van der Waals surface area contributed by atoms with E-state index in [0.717, 1.165) is 22.0 Å². The molecule has 2 aromatic carbocycles. The number of aromatic amines is 1. The molecule has 1 amide bonds. The van der Waals surface area contributed by atoms with Crippen LogP contribution in [0.25, 0.3) is 22.0 Å². The Balaban J connectivity index is 2.15. The molecule has 4 nitrogen and oxygen atoms in total. The molecule has 3 rings (SSSR count). The number of hydrogen-bond acceptors (Lipinski definition) is 2. The first kappa shape index (κ1) is 17.2. The zero-order chi connectivity index (χ0) is 18.1. The zero-order valence-electron chi connectivity index (χ0n) is 13.8. The predicted molar refractivity (Wildman–Crippen MR) is 96.3 cm³/mol. The van der Waals surface area contributed by atoms with Gasteiger partial charge in [-0.05, 0) is 46.5 Å². The minimum absolute atomic E-state index is 0.0354. The van der Waals surface area contributed by atoms with Crippen LogP contribution in [0.5, 0.6) is 0 Å². The summed E-state index contributed by atoms with van der Waals surface area (Å²) in [6.45, 7) is 0. The van der Waals surface area contributed by atoms with Gasteiger partial charge >= 0.3 is 0 Å². The third kappa shape index (κ3) is 3.42. The molecule has 1 aromatic heterocycles. The second-order valence-corrected chi connectivity index (χ2v) is 6.40. The Hall–Kier alpha value is -2.66. The van der Waals surface area contributed by atoms with Crippen molar-refractivity contribution >= 4 is 33.7 Å². The van der Waals surface area contributed by atoms with Gasteiger partial charge in [0.1, 0.15) is 11.5 Å². The van der Waals surface area contributed by atoms with Crippen molar-refractivity contribution in [3.63, 3.8) is 0 Å². The van der Waals surface area contributed by atoms with E-state index in [4.69, 9.17) is 11.6 Å². The van der Waals surface area contributed by atoms with Gasteiger partial charge in [-0.1, -0.05) is 24.3 Å². The van der Waals surface area contributed by atoms with Crippen molar-refractivity contribution in [3.8, 4) is 11.1 Å². The van der Waals surface area contributed by atoms with Gasteiger partial charge in [-0.2, -0.15) is 0 Å². The monoisotopic (exact) mass is 358 g/mol. The van der Waals surface area contributed by atoms with Gasteiger partial charge in [0.05, 0.1) is 0 Å². The van der Waals surface area contributed by atoms with E-state index in [1.54, 1.807) is 26.2 Å². The number of aromatic nitrogens is 1. The Morgan fingerprint density at radius 3 is 2.32 bits per heavy atom. The van der Waals surface area contributed by atoms with Crippen LogP contribution in [0.1, 0.15) is 16.1 Å². The molecule has 1 N–H and O–H groups in total. The van der Waals surface area contributed by atoms with Crippen LogP contribution in [0, 0.1) is 5.82 Å². The van der Waals surface area contributed by atoms with E-state index in [2.05, 4.69) is 4.98 Å². The minimum atomic E-state index is -0.531. The molecule has 0 saturated carbocycles. The van der Waals surface area contributed by atoms with E-state index >= 15 is 0 Å². The van der Waals surface area contributed by atoms with Gasteiger partial charge in [0, 0.05) is 31.4 Å². The first-order chi connectivity index (χ1) is 11.9. The van der Waals surface area contributed by atoms with Gasteiger partial charge < -0.3 is 9.88 Å². The summed E-state index contributed by atoms with van der Waals surface area (Å²) in [6, 6.07) is 11.8. The zero-order valence-corrected chi connectivity index (χ0v) is 14.5. The van der Waals surface area contributed by atoms with E-state index in [9.17, 15) is 14.0 Å². The number of halogens is 2. The summed E-state index contributed by atoms with van der Waals surface area (Å²) in [6.07, 6.45) is -0.0354. The van der Waals surface area contributed by atoms with Gasteiger partial charge in [0.2, 0.25) is 5.24 Å². The lowest BCUT2D eigenvalue weighted by molar-refractivity contribution is -0.111. The standard InChI is InChI=1S/C19H16ClFN2O2/c1-23(2)19(25)18-15(10-17(20)24)14-8-5-12(9-16(14)22-18)11-3-6-13(21)7-4-11/h3-9,22H,10H2,1-2H3. The Bertz CT molecular complexity index is 961. The molecule has 0 radical (unpaired) electrons. The summed E-state index contributed by atoms with van der Waals surface area (Å²) in [5.74, 6) is -0.529. The molecule has 0 unspecified atom stereocenters. The molecule has 25 heavy (non-hydrogen) atoms. The van der Waals surface area contributed by atoms with E-state index < -0.39 is 5.24 Å². The van der Waals surface area contributed by atoms with Crippen molar-refractivity contribution in [2.24, 2.45) is 0 Å². The fourth-order valence-electron chi connectivity index (χ4n) is 2.81. The minimum Gasteiger partial charge on any atom is -0.350 e. The lowest BCUT2D eigenvalue weighted by Gasteiger charge is -2.10. The number of carbonyl (C=O) groups excluding carboxylic acids is 2. The molecular formula is C19H16ClFN2O2. The van der Waals surface area contributed by atoms with Crippen molar-refractivity contribution in [1.82, 2.24) is 9.88 Å². The summed E-state index contributed by atoms with van der Waals surface area (Å²) in [5.41, 5.74) is 3.39. The normalized spacial score (nSPS) is 10.9. The maximum Gasteiger partial charge on any atom is 0.270 e. The summed E-state index contributed by atoms with van der Waals surface area (Å²) in [4.78, 5) is 28.4. The highest BCUT2D eigenvalue weighted by atomic mass is 35.5. The Kier molecular flexibility index (Phi) is 4.59. The molecule has 0 aliphatic rings. The highest BCUT2D eigenvalue weighted by Gasteiger charge is 2.21. The third-order valence-electron chi connectivity index (χ3n) is 4.02. The first-order valence-corrected chi connectivity index (χ1v) is 8.05. The van der Waals surface area contributed by atoms with Gasteiger partial charge in [-0.25, -0.2) is 4.39 Å². The summed E-state index contributed by atoms with van der Waals surface area (Å²) < 4.78 is 13.1.